The molecule has 0 radical (unpaired) electrons. The van der Waals surface area contributed by atoms with Crippen LogP contribution >= 0.6 is 0 Å². The van der Waals surface area contributed by atoms with Crippen LogP contribution in [-0.2, 0) is 0 Å². The van der Waals surface area contributed by atoms with E-state index in [-0.39, 0.29) is 23.6 Å². The van der Waals surface area contributed by atoms with Crippen molar-refractivity contribution in [3.05, 3.63) is 77.4 Å². The normalized spacial score (nSPS) is 26.1. The van der Waals surface area contributed by atoms with E-state index >= 15 is 0 Å². The molecule has 1 heterocycles. The predicted molar refractivity (Wildman–Crippen MR) is 79.2 cm³/mol. The van der Waals surface area contributed by atoms with Crippen molar-refractivity contribution in [3.8, 4) is 0 Å². The lowest BCUT2D eigenvalue weighted by molar-refractivity contribution is 0.423. The molecule has 0 fully saturated rings. The Morgan fingerprint density at radius 2 is 1.71 bits per heavy atom. The van der Waals surface area contributed by atoms with E-state index in [1.54, 1.807) is 12.1 Å². The summed E-state index contributed by atoms with van der Waals surface area (Å²) in [6, 6.07) is 11.7. The fraction of sp³-hybridized carbons (Fsp3) is 0.222. The van der Waals surface area contributed by atoms with Crippen molar-refractivity contribution >= 4 is 5.69 Å². The second-order valence-corrected chi connectivity index (χ2v) is 5.76. The molecule has 0 amide bonds. The summed E-state index contributed by atoms with van der Waals surface area (Å²) in [6.07, 6.45) is 5.28. The van der Waals surface area contributed by atoms with Crippen LogP contribution in [0.4, 0.5) is 14.5 Å². The van der Waals surface area contributed by atoms with Crippen LogP contribution in [0.25, 0.3) is 0 Å². The molecule has 2 aromatic rings. The Bertz CT molecular complexity index is 706. The minimum atomic E-state index is -0.224. The summed E-state index contributed by atoms with van der Waals surface area (Å²) in [6.45, 7) is 0. The van der Waals surface area contributed by atoms with Crippen LogP contribution < -0.4 is 5.32 Å². The third-order valence-electron chi connectivity index (χ3n) is 4.55. The lowest BCUT2D eigenvalue weighted by atomic mass is 9.77. The van der Waals surface area contributed by atoms with E-state index in [1.807, 2.05) is 12.1 Å². The van der Waals surface area contributed by atoms with Gasteiger partial charge in [0.2, 0.25) is 0 Å². The highest BCUT2D eigenvalue weighted by molar-refractivity contribution is 5.59. The first kappa shape index (κ1) is 12.6. The van der Waals surface area contributed by atoms with Gasteiger partial charge in [-0.1, -0.05) is 24.3 Å². The van der Waals surface area contributed by atoms with Gasteiger partial charge in [-0.2, -0.15) is 0 Å². The molecular weight excluding hydrogens is 268 g/mol. The van der Waals surface area contributed by atoms with Gasteiger partial charge in [-0.3, -0.25) is 0 Å². The first-order valence-electron chi connectivity index (χ1n) is 7.20. The Balaban J connectivity index is 1.78. The molecular formula is C18H15F2N. The van der Waals surface area contributed by atoms with E-state index < -0.39 is 0 Å². The van der Waals surface area contributed by atoms with Crippen LogP contribution in [0.15, 0.2) is 54.6 Å². The highest BCUT2D eigenvalue weighted by atomic mass is 19.1. The Morgan fingerprint density at radius 3 is 2.52 bits per heavy atom. The van der Waals surface area contributed by atoms with Crippen molar-refractivity contribution in [3.63, 3.8) is 0 Å². The van der Waals surface area contributed by atoms with Crippen molar-refractivity contribution in [2.75, 3.05) is 5.32 Å². The maximum absolute atomic E-state index is 13.5. The second kappa shape index (κ2) is 4.69. The number of halogens is 2. The van der Waals surface area contributed by atoms with E-state index in [2.05, 4.69) is 17.5 Å². The van der Waals surface area contributed by atoms with Crippen LogP contribution in [0.5, 0.6) is 0 Å². The number of nitrogens with one attached hydrogen (secondary N) is 1. The highest BCUT2D eigenvalue weighted by Gasteiger charge is 2.37. The molecule has 0 saturated heterocycles. The van der Waals surface area contributed by atoms with E-state index in [0.29, 0.717) is 5.92 Å². The smallest absolute Gasteiger partial charge is 0.123 e. The zero-order valence-corrected chi connectivity index (χ0v) is 11.4. The van der Waals surface area contributed by atoms with Crippen LogP contribution in [0.2, 0.25) is 0 Å². The van der Waals surface area contributed by atoms with E-state index in [9.17, 15) is 8.78 Å². The first-order chi connectivity index (χ1) is 10.2. The van der Waals surface area contributed by atoms with Crippen LogP contribution in [0, 0.1) is 17.6 Å². The third kappa shape index (κ3) is 2.04. The van der Waals surface area contributed by atoms with Crippen molar-refractivity contribution in [2.45, 2.75) is 18.4 Å². The van der Waals surface area contributed by atoms with Crippen LogP contribution in [0.1, 0.15) is 29.5 Å². The quantitative estimate of drug-likeness (QED) is 0.742. The fourth-order valence-corrected chi connectivity index (χ4v) is 3.57. The molecule has 0 spiro atoms. The Kier molecular flexibility index (Phi) is 2.81. The molecule has 2 aromatic carbocycles. The first-order valence-corrected chi connectivity index (χ1v) is 7.20. The number of allylic oxidation sites excluding steroid dienone is 2. The van der Waals surface area contributed by atoms with Gasteiger partial charge in [-0.15, -0.1) is 0 Å². The average molecular weight is 283 g/mol. The standard InChI is InChI=1S/C18H15F2N/c19-12-6-4-11(5-7-12)18-15-3-1-2-14(15)16-10-13(20)8-9-17(16)21-18/h1-2,4-10,14-15,18,21H,3H2/t14-,15-,18-/m0/s1. The summed E-state index contributed by atoms with van der Waals surface area (Å²) in [5.41, 5.74) is 3.07. The van der Waals surface area contributed by atoms with Gasteiger partial charge in [0, 0.05) is 11.6 Å². The van der Waals surface area contributed by atoms with Gasteiger partial charge in [-0.05, 0) is 53.8 Å². The number of benzene rings is 2. The fourth-order valence-electron chi connectivity index (χ4n) is 3.57. The molecule has 0 aromatic heterocycles. The Morgan fingerprint density at radius 1 is 0.952 bits per heavy atom. The summed E-state index contributed by atoms with van der Waals surface area (Å²) >= 11 is 0. The molecule has 3 heteroatoms. The maximum Gasteiger partial charge on any atom is 0.123 e. The molecule has 0 unspecified atom stereocenters. The summed E-state index contributed by atoms with van der Waals surface area (Å²) in [7, 11) is 0. The monoisotopic (exact) mass is 283 g/mol. The SMILES string of the molecule is Fc1ccc([C@@H]2Nc3ccc(F)cc3[C@H]3C=CC[C@@H]32)cc1. The molecule has 0 bridgehead atoms. The topological polar surface area (TPSA) is 12.0 Å². The molecule has 3 atom stereocenters. The second-order valence-electron chi connectivity index (χ2n) is 5.76. The van der Waals surface area contributed by atoms with Gasteiger partial charge in [0.05, 0.1) is 6.04 Å². The summed E-state index contributed by atoms with van der Waals surface area (Å²) in [5, 5.41) is 3.50. The molecule has 0 saturated carbocycles. The lowest BCUT2D eigenvalue weighted by Crippen LogP contribution is -2.29. The van der Waals surface area contributed by atoms with Crippen molar-refractivity contribution in [2.24, 2.45) is 5.92 Å². The number of anilines is 1. The van der Waals surface area contributed by atoms with Crippen molar-refractivity contribution in [1.82, 2.24) is 0 Å². The zero-order valence-electron chi connectivity index (χ0n) is 11.4. The molecule has 4 rings (SSSR count). The molecule has 1 nitrogen and oxygen atoms in total. The van der Waals surface area contributed by atoms with Crippen LogP contribution in [-0.4, -0.2) is 0 Å². The Labute approximate surface area is 122 Å². The molecule has 1 N–H and O–H groups in total. The summed E-state index contributed by atoms with van der Waals surface area (Å²) in [5.74, 6) is 0.157. The minimum absolute atomic E-state index is 0.128. The maximum atomic E-state index is 13.5. The molecule has 1 aliphatic carbocycles. The van der Waals surface area contributed by atoms with Gasteiger partial charge in [0.15, 0.2) is 0 Å². The van der Waals surface area contributed by atoms with Gasteiger partial charge in [0.25, 0.3) is 0 Å². The molecule has 2 aliphatic rings. The largest absolute Gasteiger partial charge is 0.378 e. The third-order valence-corrected chi connectivity index (χ3v) is 4.55. The van der Waals surface area contributed by atoms with Gasteiger partial charge in [-0.25, -0.2) is 8.78 Å². The number of hydrogen-bond donors (Lipinski definition) is 1. The van der Waals surface area contributed by atoms with Crippen LogP contribution in [0.3, 0.4) is 0 Å². The predicted octanol–water partition coefficient (Wildman–Crippen LogP) is 4.79. The van der Waals surface area contributed by atoms with E-state index in [0.717, 1.165) is 23.2 Å². The van der Waals surface area contributed by atoms with E-state index in [4.69, 9.17) is 0 Å². The number of fused-ring (bicyclic) bond motifs is 3. The minimum Gasteiger partial charge on any atom is -0.378 e. The van der Waals surface area contributed by atoms with E-state index in [1.165, 1.54) is 18.2 Å². The lowest BCUT2D eigenvalue weighted by Gasteiger charge is -2.37. The Hall–Kier alpha value is -2.16. The highest BCUT2D eigenvalue weighted by Crippen LogP contribution is 2.49. The molecule has 106 valence electrons. The zero-order chi connectivity index (χ0) is 14.4. The van der Waals surface area contributed by atoms with Crippen molar-refractivity contribution < 1.29 is 8.78 Å². The number of hydrogen-bond acceptors (Lipinski definition) is 1. The summed E-state index contributed by atoms with van der Waals surface area (Å²) in [4.78, 5) is 0. The average Bonchev–Trinajstić information content (AvgIpc) is 2.97. The number of rotatable bonds is 1. The van der Waals surface area contributed by atoms with Crippen molar-refractivity contribution in [1.29, 1.82) is 0 Å². The molecule has 1 aliphatic heterocycles. The van der Waals surface area contributed by atoms with Gasteiger partial charge in [0.1, 0.15) is 11.6 Å². The van der Waals surface area contributed by atoms with Gasteiger partial charge >= 0.3 is 0 Å². The van der Waals surface area contributed by atoms with Gasteiger partial charge < -0.3 is 5.32 Å². The molecule has 21 heavy (non-hydrogen) atoms. The summed E-state index contributed by atoms with van der Waals surface area (Å²) < 4.78 is 26.7.